The van der Waals surface area contributed by atoms with E-state index in [-0.39, 0.29) is 6.61 Å². The maximum absolute atomic E-state index is 13.0. The number of amides is 1. The second-order valence-corrected chi connectivity index (χ2v) is 17.4. The zero-order valence-electron chi connectivity index (χ0n) is 37.4. The molecule has 0 saturated carbocycles. The molecule has 8 atom stereocenters. The third-order valence-electron chi connectivity index (χ3n) is 12.0. The van der Waals surface area contributed by atoms with Gasteiger partial charge in [-0.05, 0) is 19.3 Å². The number of carbonyl (C=O) groups excluding carboxylic acids is 1. The number of carbonyl (C=O) groups is 1. The van der Waals surface area contributed by atoms with Gasteiger partial charge in [0.05, 0.1) is 25.4 Å². The van der Waals surface area contributed by atoms with Crippen LogP contribution in [0.4, 0.5) is 0 Å². The van der Waals surface area contributed by atoms with E-state index in [1.165, 1.54) is 161 Å². The summed E-state index contributed by atoms with van der Waals surface area (Å²) in [6, 6.07) is -0.974. The molecule has 10 nitrogen and oxygen atoms in total. The molecular formula is C48H93NO9. The molecule has 344 valence electrons. The van der Waals surface area contributed by atoms with Gasteiger partial charge < -0.3 is 45.4 Å². The van der Waals surface area contributed by atoms with Gasteiger partial charge in [-0.3, -0.25) is 4.79 Å². The third-order valence-corrected chi connectivity index (χ3v) is 12.0. The Bertz CT molecular complexity index is 937. The van der Waals surface area contributed by atoms with Crippen molar-refractivity contribution >= 4 is 5.91 Å². The Morgan fingerprint density at radius 3 is 1.40 bits per heavy atom. The minimum Gasteiger partial charge on any atom is -0.394 e. The van der Waals surface area contributed by atoms with Gasteiger partial charge in [-0.25, -0.2) is 0 Å². The molecule has 1 aliphatic heterocycles. The van der Waals surface area contributed by atoms with Gasteiger partial charge in [0.25, 0.3) is 0 Å². The lowest BCUT2D eigenvalue weighted by atomic mass is 9.99. The molecule has 1 saturated heterocycles. The van der Waals surface area contributed by atoms with Crippen molar-refractivity contribution in [1.29, 1.82) is 0 Å². The topological polar surface area (TPSA) is 169 Å². The fourth-order valence-corrected chi connectivity index (χ4v) is 7.93. The fraction of sp³-hybridized carbons (Fsp3) is 0.938. The molecule has 10 heteroatoms. The Kier molecular flexibility index (Phi) is 36.7. The first-order valence-electron chi connectivity index (χ1n) is 24.5. The number of hydrogen-bond acceptors (Lipinski definition) is 9. The molecule has 0 aromatic heterocycles. The van der Waals surface area contributed by atoms with Crippen molar-refractivity contribution < 1.29 is 44.9 Å². The highest BCUT2D eigenvalue weighted by Crippen LogP contribution is 2.23. The average molecular weight is 828 g/mol. The normalized spacial score (nSPS) is 21.4. The molecule has 0 bridgehead atoms. The molecule has 1 amide bonds. The quantitative estimate of drug-likeness (QED) is 0.0235. The van der Waals surface area contributed by atoms with E-state index in [1.807, 2.05) is 6.08 Å². The molecule has 1 rings (SSSR count). The Morgan fingerprint density at radius 1 is 0.586 bits per heavy atom. The lowest BCUT2D eigenvalue weighted by Gasteiger charge is -2.40. The van der Waals surface area contributed by atoms with Crippen LogP contribution >= 0.6 is 0 Å². The Balaban J connectivity index is 2.34. The average Bonchev–Trinajstić information content (AvgIpc) is 3.22. The van der Waals surface area contributed by atoms with E-state index < -0.39 is 61.5 Å². The molecule has 0 aromatic rings. The van der Waals surface area contributed by atoms with E-state index in [1.54, 1.807) is 6.08 Å². The molecule has 0 radical (unpaired) electrons. The zero-order chi connectivity index (χ0) is 42.5. The molecule has 0 spiro atoms. The first-order valence-corrected chi connectivity index (χ1v) is 24.5. The molecule has 1 fully saturated rings. The smallest absolute Gasteiger partial charge is 0.249 e. The van der Waals surface area contributed by atoms with E-state index >= 15 is 0 Å². The summed E-state index contributed by atoms with van der Waals surface area (Å²) in [5.74, 6) is -0.613. The summed E-state index contributed by atoms with van der Waals surface area (Å²) < 4.78 is 11.1. The monoisotopic (exact) mass is 828 g/mol. The summed E-state index contributed by atoms with van der Waals surface area (Å²) in [5.41, 5.74) is 0. The van der Waals surface area contributed by atoms with E-state index in [4.69, 9.17) is 9.47 Å². The Hall–Kier alpha value is -1.11. The highest BCUT2D eigenvalue weighted by atomic mass is 16.7. The first kappa shape index (κ1) is 54.9. The van der Waals surface area contributed by atoms with Crippen molar-refractivity contribution in [3.05, 3.63) is 12.2 Å². The number of nitrogens with one attached hydrogen (secondary N) is 1. The van der Waals surface area contributed by atoms with Crippen LogP contribution < -0.4 is 5.32 Å². The maximum Gasteiger partial charge on any atom is 0.249 e. The van der Waals surface area contributed by atoms with Crippen molar-refractivity contribution in [2.75, 3.05) is 13.2 Å². The first-order chi connectivity index (χ1) is 28.3. The molecule has 0 aromatic carbocycles. The Morgan fingerprint density at radius 2 is 0.983 bits per heavy atom. The minimum absolute atomic E-state index is 0.301. The lowest BCUT2D eigenvalue weighted by molar-refractivity contribution is -0.302. The summed E-state index contributed by atoms with van der Waals surface area (Å²) in [6.07, 6.45) is 34.4. The predicted molar refractivity (Wildman–Crippen MR) is 237 cm³/mol. The van der Waals surface area contributed by atoms with Gasteiger partial charge in [0.2, 0.25) is 5.91 Å². The zero-order valence-corrected chi connectivity index (χ0v) is 37.4. The number of unbranched alkanes of at least 4 members (excludes halogenated alkanes) is 30. The molecule has 1 heterocycles. The van der Waals surface area contributed by atoms with E-state index in [0.717, 1.165) is 44.9 Å². The van der Waals surface area contributed by atoms with E-state index in [2.05, 4.69) is 19.2 Å². The van der Waals surface area contributed by atoms with Crippen molar-refractivity contribution in [3.63, 3.8) is 0 Å². The number of rotatable bonds is 41. The highest BCUT2D eigenvalue weighted by Gasteiger charge is 2.44. The molecule has 58 heavy (non-hydrogen) atoms. The van der Waals surface area contributed by atoms with Gasteiger partial charge in [0, 0.05) is 0 Å². The lowest BCUT2D eigenvalue weighted by Crippen LogP contribution is -2.60. The summed E-state index contributed by atoms with van der Waals surface area (Å²) in [6.45, 7) is 3.62. The van der Waals surface area contributed by atoms with Crippen LogP contribution in [0, 0.1) is 0 Å². The van der Waals surface area contributed by atoms with Crippen LogP contribution in [0.3, 0.4) is 0 Å². The van der Waals surface area contributed by atoms with Gasteiger partial charge in [-0.1, -0.05) is 219 Å². The fourth-order valence-electron chi connectivity index (χ4n) is 7.93. The van der Waals surface area contributed by atoms with Crippen LogP contribution in [0.2, 0.25) is 0 Å². The Labute approximate surface area is 355 Å². The molecular weight excluding hydrogens is 735 g/mol. The number of aliphatic hydroxyl groups excluding tert-OH is 6. The van der Waals surface area contributed by atoms with Gasteiger partial charge in [-0.2, -0.15) is 0 Å². The van der Waals surface area contributed by atoms with Crippen molar-refractivity contribution in [3.8, 4) is 0 Å². The van der Waals surface area contributed by atoms with Crippen LogP contribution in [0.25, 0.3) is 0 Å². The molecule has 7 N–H and O–H groups in total. The number of ether oxygens (including phenoxy) is 2. The minimum atomic E-state index is -1.61. The summed E-state index contributed by atoms with van der Waals surface area (Å²) >= 11 is 0. The van der Waals surface area contributed by atoms with Gasteiger partial charge in [0.1, 0.15) is 30.5 Å². The molecule has 1 unspecified atom stereocenters. The summed E-state index contributed by atoms with van der Waals surface area (Å²) in [7, 11) is 0. The van der Waals surface area contributed by atoms with Crippen LogP contribution in [0.1, 0.15) is 226 Å². The second-order valence-electron chi connectivity index (χ2n) is 17.4. The van der Waals surface area contributed by atoms with Crippen molar-refractivity contribution in [1.82, 2.24) is 5.32 Å². The van der Waals surface area contributed by atoms with Crippen LogP contribution in [-0.4, -0.2) is 98.7 Å². The maximum atomic E-state index is 13.0. The summed E-state index contributed by atoms with van der Waals surface area (Å²) in [4.78, 5) is 13.0. The molecule has 1 aliphatic rings. The van der Waals surface area contributed by atoms with Gasteiger partial charge >= 0.3 is 0 Å². The van der Waals surface area contributed by atoms with E-state index in [0.29, 0.717) is 6.42 Å². The predicted octanol–water partition coefficient (Wildman–Crippen LogP) is 9.48. The third kappa shape index (κ3) is 28.4. The van der Waals surface area contributed by atoms with E-state index in [9.17, 15) is 35.4 Å². The van der Waals surface area contributed by atoms with Crippen LogP contribution in [0.15, 0.2) is 12.2 Å². The second kappa shape index (κ2) is 38.8. The number of allylic oxidation sites excluding steroid dienone is 1. The SMILES string of the molecule is CCCCCCCCCCCCC/C=C/[C@@H](O)[C@H](CO[C@@H]1O[C@H](CO)[C@H](O)[C@H](O)[C@H]1O)NC(=O)C(O)CCCCCCCCCCCCCCCCCCCCCC. The van der Waals surface area contributed by atoms with Crippen LogP contribution in [-0.2, 0) is 14.3 Å². The number of aliphatic hydroxyl groups is 6. The van der Waals surface area contributed by atoms with Crippen molar-refractivity contribution in [2.45, 2.75) is 275 Å². The standard InChI is InChI=1S/C48H93NO9/c1-3-5-7-9-11-13-15-17-18-19-20-21-22-23-25-27-29-31-33-35-37-42(52)47(56)49-40(39-57-48-46(55)45(54)44(53)43(38-50)58-48)41(51)36-34-32-30-28-26-24-16-14-12-10-8-6-4-2/h34,36,40-46,48,50-55H,3-33,35,37-39H2,1-2H3,(H,49,56)/b36-34+/t40-,41+,42?,43+,44-,45-,46+,48+/m0/s1. The van der Waals surface area contributed by atoms with Gasteiger partial charge in [0.15, 0.2) is 6.29 Å². The van der Waals surface area contributed by atoms with Gasteiger partial charge in [-0.15, -0.1) is 0 Å². The largest absolute Gasteiger partial charge is 0.394 e. The molecule has 0 aliphatic carbocycles. The summed E-state index contributed by atoms with van der Waals surface area (Å²) in [5, 5.41) is 64.7. The highest BCUT2D eigenvalue weighted by molar-refractivity contribution is 5.80. The number of hydrogen-bond donors (Lipinski definition) is 7. The van der Waals surface area contributed by atoms with Crippen molar-refractivity contribution in [2.24, 2.45) is 0 Å². The van der Waals surface area contributed by atoms with Crippen LogP contribution in [0.5, 0.6) is 0 Å².